The Morgan fingerprint density at radius 3 is 2.37 bits per heavy atom. The third kappa shape index (κ3) is 5.24. The van der Waals surface area contributed by atoms with Crippen molar-refractivity contribution in [2.45, 2.75) is 37.3 Å². The molecule has 0 bridgehead atoms. The predicted molar refractivity (Wildman–Crippen MR) is 124 cm³/mol. The van der Waals surface area contributed by atoms with Gasteiger partial charge in [-0.15, -0.1) is 0 Å². The topological polar surface area (TPSA) is 107 Å². The number of hydrogen-bond donors (Lipinski definition) is 3. The van der Waals surface area contributed by atoms with Crippen molar-refractivity contribution in [3.05, 3.63) is 52.8 Å². The summed E-state index contributed by atoms with van der Waals surface area (Å²) in [7, 11) is 4.55. The fourth-order valence-corrected chi connectivity index (χ4v) is 5.21. The molecule has 1 fully saturated rings. The first kappa shape index (κ1) is 25.7. The van der Waals surface area contributed by atoms with E-state index in [0.717, 1.165) is 16.7 Å². The van der Waals surface area contributed by atoms with Crippen molar-refractivity contribution in [1.29, 1.82) is 0 Å². The van der Waals surface area contributed by atoms with E-state index in [4.69, 9.17) is 23.7 Å². The van der Waals surface area contributed by atoms with Crippen LogP contribution in [-0.2, 0) is 15.9 Å². The van der Waals surface area contributed by atoms with Crippen molar-refractivity contribution in [3.8, 4) is 17.2 Å². The van der Waals surface area contributed by atoms with E-state index < -0.39 is 24.3 Å². The summed E-state index contributed by atoms with van der Waals surface area (Å²) in [5.41, 5.74) is 2.74. The zero-order valence-electron chi connectivity index (χ0n) is 20.1. The van der Waals surface area contributed by atoms with E-state index in [0.29, 0.717) is 17.9 Å². The summed E-state index contributed by atoms with van der Waals surface area (Å²) >= 11 is 0. The van der Waals surface area contributed by atoms with Gasteiger partial charge in [-0.2, -0.15) is 0 Å². The number of ether oxygens (including phenoxy) is 5. The summed E-state index contributed by atoms with van der Waals surface area (Å²) in [5, 5.41) is 30.4. The molecule has 2 aromatic rings. The smallest absolute Gasteiger partial charge is 0.183 e. The maximum Gasteiger partial charge on any atom is 0.183 e. The lowest BCUT2D eigenvalue weighted by atomic mass is 9.67. The largest absolute Gasteiger partial charge is 0.494 e. The van der Waals surface area contributed by atoms with E-state index >= 15 is 0 Å². The van der Waals surface area contributed by atoms with Crippen LogP contribution in [0.15, 0.2) is 30.3 Å². The summed E-state index contributed by atoms with van der Waals surface area (Å²) < 4.78 is 42.1. The van der Waals surface area contributed by atoms with Crippen LogP contribution in [0.1, 0.15) is 29.0 Å². The Balaban J connectivity index is 1.75. The molecular formula is C26H33FO8. The maximum atomic E-state index is 14.3. The van der Waals surface area contributed by atoms with Gasteiger partial charge in [0.05, 0.1) is 40.6 Å². The van der Waals surface area contributed by atoms with Crippen LogP contribution in [0, 0.1) is 17.7 Å². The molecule has 1 aliphatic carbocycles. The predicted octanol–water partition coefficient (Wildman–Crippen LogP) is 2.25. The highest BCUT2D eigenvalue weighted by Crippen LogP contribution is 2.48. The number of methoxy groups -OCH3 is 3. The molecule has 2 aromatic carbocycles. The Bertz CT molecular complexity index is 1020. The summed E-state index contributed by atoms with van der Waals surface area (Å²) in [6, 6.07) is 8.56. The van der Waals surface area contributed by atoms with Gasteiger partial charge in [-0.25, -0.2) is 4.39 Å². The molecule has 1 heterocycles. The van der Waals surface area contributed by atoms with Gasteiger partial charge in [0.2, 0.25) is 0 Å². The molecule has 3 N–H and O–H groups in total. The molecule has 1 aliphatic heterocycles. The molecule has 35 heavy (non-hydrogen) atoms. The van der Waals surface area contributed by atoms with Crippen molar-refractivity contribution in [1.82, 2.24) is 0 Å². The number of aliphatic hydroxyl groups excluding tert-OH is 3. The van der Waals surface area contributed by atoms with Gasteiger partial charge in [0.1, 0.15) is 6.10 Å². The third-order valence-corrected chi connectivity index (χ3v) is 7.00. The van der Waals surface area contributed by atoms with E-state index in [-0.39, 0.29) is 49.7 Å². The van der Waals surface area contributed by atoms with Crippen molar-refractivity contribution in [3.63, 3.8) is 0 Å². The van der Waals surface area contributed by atoms with Gasteiger partial charge in [0, 0.05) is 18.9 Å². The molecule has 9 heteroatoms. The normalized spacial score (nSPS) is 28.3. The van der Waals surface area contributed by atoms with Crippen molar-refractivity contribution >= 4 is 0 Å². The molecule has 0 radical (unpaired) electrons. The second-order valence-corrected chi connectivity index (χ2v) is 9.08. The standard InChI is InChI=1S/C26H33FO8/c1-31-22-7-14(4-5-20(22)27)25-18-10-24(33-3)23(32-2)8-15(18)6-16(11-28)19(25)13-35-26-21(30)9-17(29)12-34-26/h4-5,7-8,10,16-17,19,21,25-26,28-30H,6,9,11-13H2,1-3H3/t16-,17+,19-,21-,25?,26+/m1/s1. The summed E-state index contributed by atoms with van der Waals surface area (Å²) in [4.78, 5) is 0. The van der Waals surface area contributed by atoms with E-state index in [2.05, 4.69) is 0 Å². The minimum atomic E-state index is -0.962. The van der Waals surface area contributed by atoms with Crippen molar-refractivity contribution in [2.75, 3.05) is 41.2 Å². The van der Waals surface area contributed by atoms with Gasteiger partial charge in [-0.1, -0.05) is 6.07 Å². The Morgan fingerprint density at radius 2 is 1.71 bits per heavy atom. The maximum absolute atomic E-state index is 14.3. The Labute approximate surface area is 204 Å². The third-order valence-electron chi connectivity index (χ3n) is 7.00. The van der Waals surface area contributed by atoms with Gasteiger partial charge >= 0.3 is 0 Å². The molecule has 1 unspecified atom stereocenters. The van der Waals surface area contributed by atoms with Crippen LogP contribution in [0.2, 0.25) is 0 Å². The van der Waals surface area contributed by atoms with E-state index in [1.165, 1.54) is 13.2 Å². The lowest BCUT2D eigenvalue weighted by molar-refractivity contribution is -0.241. The van der Waals surface area contributed by atoms with Gasteiger partial charge in [-0.05, 0) is 59.2 Å². The molecule has 8 nitrogen and oxygen atoms in total. The number of hydrogen-bond acceptors (Lipinski definition) is 8. The SMILES string of the molecule is COc1cc(C2c3cc(OC)c(OC)cc3C[C@H](CO)[C@H]2CO[C@@H]2OC[C@@H](O)C[C@H]2O)ccc1F. The average molecular weight is 493 g/mol. The zero-order valence-corrected chi connectivity index (χ0v) is 20.1. The van der Waals surface area contributed by atoms with E-state index in [9.17, 15) is 19.7 Å². The number of aliphatic hydroxyl groups is 3. The van der Waals surface area contributed by atoms with Crippen LogP contribution in [0.4, 0.5) is 4.39 Å². The number of rotatable bonds is 8. The second kappa shape index (κ2) is 11.1. The quantitative estimate of drug-likeness (QED) is 0.515. The first-order valence-electron chi connectivity index (χ1n) is 11.7. The molecule has 0 amide bonds. The minimum Gasteiger partial charge on any atom is -0.494 e. The highest BCUT2D eigenvalue weighted by Gasteiger charge is 2.40. The molecule has 0 aromatic heterocycles. The van der Waals surface area contributed by atoms with Crippen LogP contribution in [0.25, 0.3) is 0 Å². The molecule has 6 atom stereocenters. The fourth-order valence-electron chi connectivity index (χ4n) is 5.21. The van der Waals surface area contributed by atoms with Crippen LogP contribution < -0.4 is 14.2 Å². The Hall–Kier alpha value is -2.43. The first-order valence-corrected chi connectivity index (χ1v) is 11.7. The van der Waals surface area contributed by atoms with Crippen LogP contribution in [0.5, 0.6) is 17.2 Å². The van der Waals surface area contributed by atoms with Crippen LogP contribution >= 0.6 is 0 Å². The number of benzene rings is 2. The highest BCUT2D eigenvalue weighted by atomic mass is 19.1. The van der Waals surface area contributed by atoms with Gasteiger partial charge < -0.3 is 39.0 Å². The monoisotopic (exact) mass is 492 g/mol. The van der Waals surface area contributed by atoms with E-state index in [1.807, 2.05) is 12.1 Å². The van der Waals surface area contributed by atoms with Crippen LogP contribution in [-0.4, -0.2) is 75.0 Å². The average Bonchev–Trinajstić information content (AvgIpc) is 2.87. The number of halogens is 1. The van der Waals surface area contributed by atoms with Crippen molar-refractivity contribution < 1.29 is 43.4 Å². The first-order chi connectivity index (χ1) is 16.9. The van der Waals surface area contributed by atoms with Gasteiger partial charge in [-0.3, -0.25) is 0 Å². The second-order valence-electron chi connectivity index (χ2n) is 9.08. The molecular weight excluding hydrogens is 459 g/mol. The van der Waals surface area contributed by atoms with Crippen LogP contribution in [0.3, 0.4) is 0 Å². The fraction of sp³-hybridized carbons (Fsp3) is 0.538. The van der Waals surface area contributed by atoms with Crippen molar-refractivity contribution in [2.24, 2.45) is 11.8 Å². The summed E-state index contributed by atoms with van der Waals surface area (Å²) in [6.45, 7) is 0.152. The number of fused-ring (bicyclic) bond motifs is 1. The molecule has 192 valence electrons. The summed E-state index contributed by atoms with van der Waals surface area (Å²) in [5.74, 6) is 0.0875. The van der Waals surface area contributed by atoms with E-state index in [1.54, 1.807) is 26.4 Å². The lowest BCUT2D eigenvalue weighted by Gasteiger charge is -2.41. The van der Waals surface area contributed by atoms with Gasteiger partial charge in [0.25, 0.3) is 0 Å². The molecule has 4 rings (SSSR count). The minimum absolute atomic E-state index is 0.0776. The highest BCUT2D eigenvalue weighted by molar-refractivity contribution is 5.53. The molecule has 0 spiro atoms. The lowest BCUT2D eigenvalue weighted by Crippen LogP contribution is -2.44. The zero-order chi connectivity index (χ0) is 25.1. The molecule has 0 saturated carbocycles. The molecule has 2 aliphatic rings. The Morgan fingerprint density at radius 1 is 1.00 bits per heavy atom. The molecule has 1 saturated heterocycles. The van der Waals surface area contributed by atoms with Gasteiger partial charge in [0.15, 0.2) is 29.4 Å². The summed E-state index contributed by atoms with van der Waals surface area (Å²) in [6.07, 6.45) is -1.85. The Kier molecular flexibility index (Phi) is 8.13.